The molecule has 1 aromatic carbocycles. The van der Waals surface area contributed by atoms with E-state index in [1.165, 1.54) is 36.8 Å². The topological polar surface area (TPSA) is 32.3 Å². The fourth-order valence-electron chi connectivity index (χ4n) is 3.85. The molecule has 3 atom stereocenters. The highest BCUT2D eigenvalue weighted by molar-refractivity contribution is 5.40. The zero-order valence-electron chi connectivity index (χ0n) is 10.4. The fraction of sp³-hybridized carbons (Fsp3) is 0.600. The summed E-state index contributed by atoms with van der Waals surface area (Å²) in [6, 6.07) is 6.57. The van der Waals surface area contributed by atoms with Crippen LogP contribution in [0.4, 0.5) is 0 Å². The molecule has 0 spiro atoms. The Bertz CT molecular complexity index is 415. The van der Waals surface area contributed by atoms with Gasteiger partial charge in [-0.05, 0) is 61.4 Å². The summed E-state index contributed by atoms with van der Waals surface area (Å²) in [6.07, 6.45) is 6.46. The summed E-state index contributed by atoms with van der Waals surface area (Å²) >= 11 is 0. The van der Waals surface area contributed by atoms with Crippen LogP contribution in [-0.4, -0.2) is 18.2 Å². The molecule has 92 valence electrons. The number of rotatable bonds is 1. The Balaban J connectivity index is 2.02. The number of nitrogens with one attached hydrogen (secondary N) is 1. The van der Waals surface area contributed by atoms with E-state index in [1.54, 1.807) is 0 Å². The molecule has 1 fully saturated rings. The summed E-state index contributed by atoms with van der Waals surface area (Å²) in [5.41, 5.74) is 2.85. The Hall–Kier alpha value is -1.02. The van der Waals surface area contributed by atoms with Crippen LogP contribution in [-0.2, 0) is 6.42 Å². The lowest BCUT2D eigenvalue weighted by atomic mass is 9.66. The van der Waals surface area contributed by atoms with Crippen molar-refractivity contribution in [3.05, 3.63) is 29.3 Å². The summed E-state index contributed by atoms with van der Waals surface area (Å²) < 4.78 is 0. The van der Waals surface area contributed by atoms with Crippen molar-refractivity contribution in [2.75, 3.05) is 7.05 Å². The molecule has 0 bridgehead atoms. The average Bonchev–Trinajstić information content (AvgIpc) is 2.38. The number of hydrogen-bond donors (Lipinski definition) is 2. The largest absolute Gasteiger partial charge is 0.508 e. The molecule has 2 heteroatoms. The normalized spacial score (nSPS) is 31.7. The van der Waals surface area contributed by atoms with Gasteiger partial charge in [0.15, 0.2) is 0 Å². The summed E-state index contributed by atoms with van der Waals surface area (Å²) in [5, 5.41) is 13.2. The molecule has 0 amide bonds. The molecular formula is C15H21NO. The molecule has 3 rings (SSSR count). The fourth-order valence-corrected chi connectivity index (χ4v) is 3.85. The summed E-state index contributed by atoms with van der Waals surface area (Å²) in [5.74, 6) is 1.86. The first-order chi connectivity index (χ1) is 8.29. The van der Waals surface area contributed by atoms with Gasteiger partial charge in [0.2, 0.25) is 0 Å². The molecule has 0 radical (unpaired) electrons. The van der Waals surface area contributed by atoms with Crippen molar-refractivity contribution in [2.24, 2.45) is 5.92 Å². The van der Waals surface area contributed by atoms with Crippen molar-refractivity contribution in [1.29, 1.82) is 0 Å². The molecule has 0 saturated heterocycles. The first-order valence-electron chi connectivity index (χ1n) is 6.78. The zero-order chi connectivity index (χ0) is 11.8. The summed E-state index contributed by atoms with van der Waals surface area (Å²) in [4.78, 5) is 0. The van der Waals surface area contributed by atoms with E-state index in [0.717, 1.165) is 12.3 Å². The lowest BCUT2D eigenvalue weighted by molar-refractivity contribution is 0.222. The predicted octanol–water partition coefficient (Wildman–Crippen LogP) is 2.81. The van der Waals surface area contributed by atoms with Gasteiger partial charge in [0, 0.05) is 6.04 Å². The lowest BCUT2D eigenvalue weighted by Crippen LogP contribution is -2.43. The van der Waals surface area contributed by atoms with Crippen LogP contribution in [0.5, 0.6) is 5.75 Å². The molecule has 17 heavy (non-hydrogen) atoms. The number of hydrogen-bond acceptors (Lipinski definition) is 2. The SMILES string of the molecule is CNC1Cc2ccc(O)cc2C2CCCC[C@@H]12. The third kappa shape index (κ3) is 1.85. The third-order valence-corrected chi connectivity index (χ3v) is 4.68. The van der Waals surface area contributed by atoms with Crippen molar-refractivity contribution < 1.29 is 5.11 Å². The van der Waals surface area contributed by atoms with E-state index < -0.39 is 0 Å². The van der Waals surface area contributed by atoms with Gasteiger partial charge in [-0.2, -0.15) is 0 Å². The summed E-state index contributed by atoms with van der Waals surface area (Å²) in [7, 11) is 2.09. The minimum Gasteiger partial charge on any atom is -0.508 e. The van der Waals surface area contributed by atoms with Crippen molar-refractivity contribution in [1.82, 2.24) is 5.32 Å². The molecule has 2 aliphatic carbocycles. The quantitative estimate of drug-likeness (QED) is 0.779. The van der Waals surface area contributed by atoms with Crippen molar-refractivity contribution >= 4 is 0 Å². The van der Waals surface area contributed by atoms with Gasteiger partial charge in [0.25, 0.3) is 0 Å². The Kier molecular flexibility index (Phi) is 2.83. The van der Waals surface area contributed by atoms with E-state index in [-0.39, 0.29) is 0 Å². The smallest absolute Gasteiger partial charge is 0.115 e. The van der Waals surface area contributed by atoms with E-state index in [2.05, 4.69) is 18.4 Å². The highest BCUT2D eigenvalue weighted by atomic mass is 16.3. The van der Waals surface area contributed by atoms with E-state index >= 15 is 0 Å². The maximum Gasteiger partial charge on any atom is 0.115 e. The van der Waals surface area contributed by atoms with Crippen LogP contribution in [0.2, 0.25) is 0 Å². The van der Waals surface area contributed by atoms with Gasteiger partial charge in [0.1, 0.15) is 5.75 Å². The second kappa shape index (κ2) is 4.34. The second-order valence-electron chi connectivity index (χ2n) is 5.54. The Morgan fingerprint density at radius 2 is 2.06 bits per heavy atom. The summed E-state index contributed by atoms with van der Waals surface area (Å²) in [6.45, 7) is 0. The highest BCUT2D eigenvalue weighted by Gasteiger charge is 2.37. The van der Waals surface area contributed by atoms with Gasteiger partial charge < -0.3 is 10.4 Å². The molecule has 2 unspecified atom stereocenters. The van der Waals surface area contributed by atoms with E-state index in [0.29, 0.717) is 17.7 Å². The molecule has 1 aromatic rings. The maximum atomic E-state index is 9.69. The van der Waals surface area contributed by atoms with Crippen LogP contribution in [0.1, 0.15) is 42.7 Å². The number of benzene rings is 1. The first kappa shape index (κ1) is 11.1. The average molecular weight is 231 g/mol. The van der Waals surface area contributed by atoms with E-state index in [4.69, 9.17) is 0 Å². The van der Waals surface area contributed by atoms with Gasteiger partial charge in [-0.15, -0.1) is 0 Å². The molecule has 2 aliphatic rings. The molecule has 0 aliphatic heterocycles. The number of phenols is 1. The Labute approximate surface area is 103 Å². The third-order valence-electron chi connectivity index (χ3n) is 4.68. The molecule has 2 nitrogen and oxygen atoms in total. The van der Waals surface area contributed by atoms with Crippen molar-refractivity contribution in [3.63, 3.8) is 0 Å². The van der Waals surface area contributed by atoms with E-state index in [9.17, 15) is 5.11 Å². The number of fused-ring (bicyclic) bond motifs is 3. The first-order valence-corrected chi connectivity index (χ1v) is 6.78. The van der Waals surface area contributed by atoms with Crippen molar-refractivity contribution in [3.8, 4) is 5.75 Å². The van der Waals surface area contributed by atoms with Crippen LogP contribution in [0.25, 0.3) is 0 Å². The lowest BCUT2D eigenvalue weighted by Gasteiger charge is -2.42. The van der Waals surface area contributed by atoms with Crippen LogP contribution < -0.4 is 5.32 Å². The minimum atomic E-state index is 0.427. The van der Waals surface area contributed by atoms with Crippen LogP contribution in [0.3, 0.4) is 0 Å². The molecule has 1 saturated carbocycles. The number of aromatic hydroxyl groups is 1. The van der Waals surface area contributed by atoms with Gasteiger partial charge >= 0.3 is 0 Å². The second-order valence-corrected chi connectivity index (χ2v) is 5.54. The highest BCUT2D eigenvalue weighted by Crippen LogP contribution is 2.45. The Morgan fingerprint density at radius 1 is 1.24 bits per heavy atom. The standard InChI is InChI=1S/C15H21NO/c1-16-15-8-10-6-7-11(17)9-14(10)12-4-2-3-5-13(12)15/h6-7,9,12-13,15-17H,2-5,8H2,1H3/t12?,13-,15?/m1/s1. The molecule has 0 heterocycles. The molecule has 2 N–H and O–H groups in total. The maximum absolute atomic E-state index is 9.69. The molecular weight excluding hydrogens is 210 g/mol. The predicted molar refractivity (Wildman–Crippen MR) is 69.4 cm³/mol. The van der Waals surface area contributed by atoms with Gasteiger partial charge in [0.05, 0.1) is 0 Å². The van der Waals surface area contributed by atoms with Crippen LogP contribution >= 0.6 is 0 Å². The molecule has 0 aromatic heterocycles. The monoisotopic (exact) mass is 231 g/mol. The van der Waals surface area contributed by atoms with Gasteiger partial charge in [-0.3, -0.25) is 0 Å². The van der Waals surface area contributed by atoms with Crippen LogP contribution in [0.15, 0.2) is 18.2 Å². The van der Waals surface area contributed by atoms with Gasteiger partial charge in [-0.1, -0.05) is 18.9 Å². The van der Waals surface area contributed by atoms with Crippen molar-refractivity contribution in [2.45, 2.75) is 44.1 Å². The van der Waals surface area contributed by atoms with Gasteiger partial charge in [-0.25, -0.2) is 0 Å². The number of phenolic OH excluding ortho intramolecular Hbond substituents is 1. The minimum absolute atomic E-state index is 0.427. The Morgan fingerprint density at radius 3 is 2.88 bits per heavy atom. The number of likely N-dealkylation sites (N-methyl/N-ethyl adjacent to an activating group) is 1. The van der Waals surface area contributed by atoms with Crippen LogP contribution in [0, 0.1) is 5.92 Å². The van der Waals surface area contributed by atoms with E-state index in [1.807, 2.05) is 12.1 Å². The zero-order valence-corrected chi connectivity index (χ0v) is 10.4.